The van der Waals surface area contributed by atoms with Gasteiger partial charge in [0, 0.05) is 12.5 Å². The summed E-state index contributed by atoms with van der Waals surface area (Å²) in [4.78, 5) is 27.6. The van der Waals surface area contributed by atoms with Crippen LogP contribution in [-0.2, 0) is 14.4 Å². The van der Waals surface area contributed by atoms with Crippen LogP contribution in [0, 0.1) is 11.8 Å². The van der Waals surface area contributed by atoms with Crippen LogP contribution < -0.4 is 5.32 Å². The van der Waals surface area contributed by atoms with E-state index in [4.69, 9.17) is 9.94 Å². The molecule has 2 aliphatic carbocycles. The van der Waals surface area contributed by atoms with E-state index in [2.05, 4.69) is 10.5 Å². The van der Waals surface area contributed by atoms with Gasteiger partial charge in [-0.2, -0.15) is 0 Å². The van der Waals surface area contributed by atoms with Crippen molar-refractivity contribution < 1.29 is 19.5 Å². The van der Waals surface area contributed by atoms with E-state index in [0.29, 0.717) is 11.8 Å². The molecule has 2 fully saturated rings. The second-order valence-corrected chi connectivity index (χ2v) is 5.35. The Morgan fingerprint density at radius 1 is 1.28 bits per heavy atom. The van der Waals surface area contributed by atoms with E-state index in [9.17, 15) is 9.59 Å². The molecule has 2 N–H and O–H groups in total. The van der Waals surface area contributed by atoms with Crippen molar-refractivity contribution in [1.82, 2.24) is 5.32 Å². The maximum Gasteiger partial charge on any atom is 0.353 e. The van der Waals surface area contributed by atoms with Gasteiger partial charge in [-0.15, -0.1) is 0 Å². The van der Waals surface area contributed by atoms with E-state index in [-0.39, 0.29) is 24.1 Å². The summed E-state index contributed by atoms with van der Waals surface area (Å²) >= 11 is 0. The molecule has 1 aliphatic heterocycles. The first-order chi connectivity index (χ1) is 8.65. The van der Waals surface area contributed by atoms with Crippen molar-refractivity contribution in [2.75, 3.05) is 0 Å². The van der Waals surface area contributed by atoms with Gasteiger partial charge < -0.3 is 15.3 Å². The predicted molar refractivity (Wildman–Crippen MR) is 61.9 cm³/mol. The first kappa shape index (κ1) is 11.5. The lowest BCUT2D eigenvalue weighted by atomic mass is 10.1. The van der Waals surface area contributed by atoms with Crippen LogP contribution in [0.4, 0.5) is 0 Å². The van der Waals surface area contributed by atoms with Crippen LogP contribution in [0.15, 0.2) is 5.16 Å². The molecule has 0 saturated heterocycles. The molecule has 98 valence electrons. The van der Waals surface area contributed by atoms with Gasteiger partial charge in [0.15, 0.2) is 5.71 Å². The molecule has 0 spiro atoms. The molecule has 3 aliphatic rings. The average Bonchev–Trinajstić information content (AvgIpc) is 3.24. The van der Waals surface area contributed by atoms with Crippen LogP contribution in [-0.4, -0.2) is 34.8 Å². The molecule has 1 atom stereocenters. The zero-order valence-electron chi connectivity index (χ0n) is 9.96. The van der Waals surface area contributed by atoms with Gasteiger partial charge in [0.05, 0.1) is 0 Å². The van der Waals surface area contributed by atoms with Crippen molar-refractivity contribution in [3.63, 3.8) is 0 Å². The highest BCUT2D eigenvalue weighted by Gasteiger charge is 2.43. The fourth-order valence-electron chi connectivity index (χ4n) is 2.43. The second kappa shape index (κ2) is 4.26. The normalized spacial score (nSPS) is 26.7. The minimum absolute atomic E-state index is 0.0587. The monoisotopic (exact) mass is 252 g/mol. The maximum atomic E-state index is 12.0. The number of amides is 1. The predicted octanol–water partition coefficient (Wildman–Crippen LogP) is 0.521. The smallest absolute Gasteiger partial charge is 0.353 e. The standard InChI is InChI=1S/C12H16N2O4/c15-11(9-5-8(12(16)17)14-18-9)13-10(6-1-2-6)7-3-4-7/h6-7,9-10H,1-5H2,(H,13,15)(H,16,17). The van der Waals surface area contributed by atoms with Gasteiger partial charge in [0.25, 0.3) is 5.91 Å². The summed E-state index contributed by atoms with van der Waals surface area (Å²) in [6.07, 6.45) is 4.03. The summed E-state index contributed by atoms with van der Waals surface area (Å²) in [5.74, 6) is -0.115. The molecule has 0 bridgehead atoms. The first-order valence-electron chi connectivity index (χ1n) is 6.41. The van der Waals surface area contributed by atoms with Crippen LogP contribution in [0.25, 0.3) is 0 Å². The number of rotatable bonds is 5. The third-order valence-electron chi connectivity index (χ3n) is 3.78. The van der Waals surface area contributed by atoms with E-state index < -0.39 is 12.1 Å². The highest BCUT2D eigenvalue weighted by Crippen LogP contribution is 2.44. The largest absolute Gasteiger partial charge is 0.477 e. The van der Waals surface area contributed by atoms with Crippen molar-refractivity contribution in [3.8, 4) is 0 Å². The summed E-state index contributed by atoms with van der Waals surface area (Å²) in [5.41, 5.74) is -0.0791. The highest BCUT2D eigenvalue weighted by molar-refractivity contribution is 6.36. The summed E-state index contributed by atoms with van der Waals surface area (Å²) in [7, 11) is 0. The third kappa shape index (κ3) is 2.32. The van der Waals surface area contributed by atoms with Gasteiger partial charge in [0.2, 0.25) is 6.10 Å². The van der Waals surface area contributed by atoms with E-state index in [0.717, 1.165) is 0 Å². The van der Waals surface area contributed by atoms with Crippen LogP contribution in [0.2, 0.25) is 0 Å². The lowest BCUT2D eigenvalue weighted by Crippen LogP contribution is -2.44. The SMILES string of the molecule is O=C(O)C1=NOC(C(=O)NC(C2CC2)C2CC2)C1. The van der Waals surface area contributed by atoms with Gasteiger partial charge in [-0.05, 0) is 37.5 Å². The number of aliphatic carboxylic acids is 1. The van der Waals surface area contributed by atoms with Crippen molar-refractivity contribution >= 4 is 17.6 Å². The Hall–Kier alpha value is -1.59. The highest BCUT2D eigenvalue weighted by atomic mass is 16.6. The van der Waals surface area contributed by atoms with Gasteiger partial charge in [-0.3, -0.25) is 4.79 Å². The second-order valence-electron chi connectivity index (χ2n) is 5.35. The van der Waals surface area contributed by atoms with Crippen molar-refractivity contribution in [3.05, 3.63) is 0 Å². The number of hydrogen-bond acceptors (Lipinski definition) is 4. The van der Waals surface area contributed by atoms with E-state index in [1.807, 2.05) is 0 Å². The lowest BCUT2D eigenvalue weighted by molar-refractivity contribution is -0.132. The number of carbonyl (C=O) groups excluding carboxylic acids is 1. The molecule has 0 aromatic carbocycles. The maximum absolute atomic E-state index is 12.0. The van der Waals surface area contributed by atoms with Crippen molar-refractivity contribution in [2.45, 2.75) is 44.2 Å². The summed E-state index contributed by atoms with van der Waals surface area (Å²) in [6, 6.07) is 0.259. The van der Waals surface area contributed by atoms with Crippen molar-refractivity contribution in [2.24, 2.45) is 17.0 Å². The Balaban J connectivity index is 1.54. The van der Waals surface area contributed by atoms with E-state index >= 15 is 0 Å². The van der Waals surface area contributed by atoms with Crippen molar-refractivity contribution in [1.29, 1.82) is 0 Å². The fourth-order valence-corrected chi connectivity index (χ4v) is 2.43. The molecule has 0 radical (unpaired) electrons. The molecule has 0 aromatic heterocycles. The van der Waals surface area contributed by atoms with Crippen LogP contribution in [0.3, 0.4) is 0 Å². The number of carboxylic acid groups (broad SMARTS) is 1. The molecule has 1 unspecified atom stereocenters. The minimum Gasteiger partial charge on any atom is -0.477 e. The van der Waals surface area contributed by atoms with E-state index in [1.165, 1.54) is 25.7 Å². The molecule has 0 aromatic rings. The molecule has 2 saturated carbocycles. The molecule has 1 heterocycles. The molecule has 1 amide bonds. The molecular weight excluding hydrogens is 236 g/mol. The van der Waals surface area contributed by atoms with Gasteiger partial charge in [-0.25, -0.2) is 4.79 Å². The number of carboxylic acids is 1. The van der Waals surface area contributed by atoms with Gasteiger partial charge in [-0.1, -0.05) is 5.16 Å². The number of hydrogen-bond donors (Lipinski definition) is 2. The number of nitrogens with one attached hydrogen (secondary N) is 1. The average molecular weight is 252 g/mol. The number of nitrogens with zero attached hydrogens (tertiary/aromatic N) is 1. The number of carbonyl (C=O) groups is 2. The molecule has 6 heteroatoms. The Morgan fingerprint density at radius 2 is 1.89 bits per heavy atom. The van der Waals surface area contributed by atoms with Gasteiger partial charge in [0.1, 0.15) is 0 Å². The topological polar surface area (TPSA) is 88.0 Å². The fraction of sp³-hybridized carbons (Fsp3) is 0.750. The first-order valence-corrected chi connectivity index (χ1v) is 6.41. The third-order valence-corrected chi connectivity index (χ3v) is 3.78. The van der Waals surface area contributed by atoms with Crippen LogP contribution in [0.5, 0.6) is 0 Å². The lowest BCUT2D eigenvalue weighted by Gasteiger charge is -2.19. The minimum atomic E-state index is -1.12. The summed E-state index contributed by atoms with van der Waals surface area (Å²) in [6.45, 7) is 0. The zero-order valence-corrected chi connectivity index (χ0v) is 9.96. The molecule has 3 rings (SSSR count). The van der Waals surface area contributed by atoms with Gasteiger partial charge >= 0.3 is 5.97 Å². The quantitative estimate of drug-likeness (QED) is 0.746. The van der Waals surface area contributed by atoms with Crippen LogP contribution in [0.1, 0.15) is 32.1 Å². The summed E-state index contributed by atoms with van der Waals surface area (Å²) in [5, 5.41) is 15.2. The zero-order chi connectivity index (χ0) is 12.7. The molecule has 6 nitrogen and oxygen atoms in total. The Bertz CT molecular complexity index is 400. The van der Waals surface area contributed by atoms with Crippen LogP contribution >= 0.6 is 0 Å². The molecule has 18 heavy (non-hydrogen) atoms. The Kier molecular flexibility index (Phi) is 2.72. The number of oxime groups is 1. The Labute approximate surface area is 104 Å². The Morgan fingerprint density at radius 3 is 2.33 bits per heavy atom. The molecular formula is C12H16N2O4. The summed E-state index contributed by atoms with van der Waals surface area (Å²) < 4.78 is 0. The van der Waals surface area contributed by atoms with E-state index in [1.54, 1.807) is 0 Å².